The maximum absolute atomic E-state index is 11.9. The van der Waals surface area contributed by atoms with Crippen LogP contribution < -0.4 is 11.1 Å². The van der Waals surface area contributed by atoms with Crippen LogP contribution in [0.2, 0.25) is 0 Å². The quantitative estimate of drug-likeness (QED) is 0.800. The highest BCUT2D eigenvalue weighted by molar-refractivity contribution is 8.00. The molecule has 21 heavy (non-hydrogen) atoms. The van der Waals surface area contributed by atoms with E-state index in [4.69, 9.17) is 10.2 Å². The minimum Gasteiger partial charge on any atom is -0.467 e. The number of halogens is 1. The lowest BCUT2D eigenvalue weighted by molar-refractivity contribution is 0.0953. The molecule has 1 atom stereocenters. The summed E-state index contributed by atoms with van der Waals surface area (Å²) < 4.78 is 5.15. The fourth-order valence-corrected chi connectivity index (χ4v) is 2.66. The summed E-state index contributed by atoms with van der Waals surface area (Å²) in [7, 11) is 0. The standard InChI is InChI=1S/C15H18N2O2S.ClH/c1-11(20-14-5-3-2-4-6-14)9-17-15(18)12-7-13(8-16)19-10-12;/h2-7,10-11H,8-9,16H2,1H3,(H,17,18);1H. The van der Waals surface area contributed by atoms with Crippen molar-refractivity contribution in [1.29, 1.82) is 0 Å². The zero-order valence-electron chi connectivity index (χ0n) is 11.7. The Morgan fingerprint density at radius 2 is 2.10 bits per heavy atom. The summed E-state index contributed by atoms with van der Waals surface area (Å²) in [4.78, 5) is 13.1. The van der Waals surface area contributed by atoms with E-state index in [-0.39, 0.29) is 18.3 Å². The highest BCUT2D eigenvalue weighted by Crippen LogP contribution is 2.22. The minimum atomic E-state index is -0.131. The number of hydrogen-bond acceptors (Lipinski definition) is 4. The summed E-state index contributed by atoms with van der Waals surface area (Å²) in [5.74, 6) is 0.482. The summed E-state index contributed by atoms with van der Waals surface area (Å²) in [6, 6.07) is 11.8. The van der Waals surface area contributed by atoms with E-state index in [1.165, 1.54) is 11.2 Å². The molecular weight excluding hydrogens is 308 g/mol. The van der Waals surface area contributed by atoms with Gasteiger partial charge in [0.1, 0.15) is 12.0 Å². The summed E-state index contributed by atoms with van der Waals surface area (Å²) in [6.07, 6.45) is 1.44. The van der Waals surface area contributed by atoms with Crippen molar-refractivity contribution in [2.75, 3.05) is 6.54 Å². The van der Waals surface area contributed by atoms with Gasteiger partial charge in [0.15, 0.2) is 0 Å². The van der Waals surface area contributed by atoms with Gasteiger partial charge >= 0.3 is 0 Å². The molecule has 2 aromatic rings. The molecule has 0 aliphatic heterocycles. The Morgan fingerprint density at radius 1 is 1.38 bits per heavy atom. The number of nitrogens with one attached hydrogen (secondary N) is 1. The van der Waals surface area contributed by atoms with Crippen molar-refractivity contribution in [2.24, 2.45) is 5.73 Å². The van der Waals surface area contributed by atoms with Gasteiger partial charge in [0.25, 0.3) is 5.91 Å². The van der Waals surface area contributed by atoms with Gasteiger partial charge in [-0.2, -0.15) is 0 Å². The maximum atomic E-state index is 11.9. The highest BCUT2D eigenvalue weighted by atomic mass is 35.5. The molecule has 0 fully saturated rings. The Morgan fingerprint density at radius 3 is 2.71 bits per heavy atom. The van der Waals surface area contributed by atoms with E-state index in [9.17, 15) is 4.79 Å². The molecule has 1 aromatic heterocycles. The maximum Gasteiger partial charge on any atom is 0.254 e. The van der Waals surface area contributed by atoms with Gasteiger partial charge in [-0.3, -0.25) is 4.79 Å². The normalized spacial score (nSPS) is 11.5. The molecule has 0 saturated carbocycles. The van der Waals surface area contributed by atoms with Crippen molar-refractivity contribution in [3.05, 3.63) is 54.0 Å². The summed E-state index contributed by atoms with van der Waals surface area (Å²) in [6.45, 7) is 2.98. The number of carbonyl (C=O) groups is 1. The lowest BCUT2D eigenvalue weighted by Gasteiger charge is -2.11. The highest BCUT2D eigenvalue weighted by Gasteiger charge is 2.11. The third-order valence-electron chi connectivity index (χ3n) is 2.75. The van der Waals surface area contributed by atoms with E-state index >= 15 is 0 Å². The third kappa shape index (κ3) is 5.46. The van der Waals surface area contributed by atoms with Crippen LogP contribution in [0.25, 0.3) is 0 Å². The molecule has 0 aliphatic carbocycles. The van der Waals surface area contributed by atoms with Gasteiger partial charge in [-0.05, 0) is 18.2 Å². The van der Waals surface area contributed by atoms with Gasteiger partial charge in [0.2, 0.25) is 0 Å². The fourth-order valence-electron chi connectivity index (χ4n) is 1.72. The SMILES string of the molecule is CC(CNC(=O)c1coc(CN)c1)Sc1ccccc1.Cl. The molecule has 0 radical (unpaired) electrons. The number of hydrogen-bond donors (Lipinski definition) is 2. The Bertz CT molecular complexity index is 560. The molecule has 0 saturated heterocycles. The molecule has 0 spiro atoms. The van der Waals surface area contributed by atoms with Gasteiger partial charge in [-0.1, -0.05) is 25.1 Å². The van der Waals surface area contributed by atoms with Gasteiger partial charge in [-0.15, -0.1) is 24.2 Å². The summed E-state index contributed by atoms with van der Waals surface area (Å²) in [5.41, 5.74) is 5.96. The van der Waals surface area contributed by atoms with Crippen LogP contribution in [-0.2, 0) is 6.54 Å². The van der Waals surface area contributed by atoms with E-state index in [0.29, 0.717) is 29.7 Å². The first kappa shape index (κ1) is 17.6. The molecular formula is C15H19ClN2O2S. The topological polar surface area (TPSA) is 68.3 Å². The third-order valence-corrected chi connectivity index (χ3v) is 3.86. The largest absolute Gasteiger partial charge is 0.467 e. The van der Waals surface area contributed by atoms with Crippen molar-refractivity contribution < 1.29 is 9.21 Å². The number of benzene rings is 1. The lowest BCUT2D eigenvalue weighted by Crippen LogP contribution is -2.29. The Kier molecular flexibility index (Phi) is 7.36. The predicted molar refractivity (Wildman–Crippen MR) is 87.9 cm³/mol. The molecule has 1 heterocycles. The molecule has 3 N–H and O–H groups in total. The summed E-state index contributed by atoms with van der Waals surface area (Å²) >= 11 is 1.73. The van der Waals surface area contributed by atoms with Crippen LogP contribution in [0.5, 0.6) is 0 Å². The molecule has 1 unspecified atom stereocenters. The number of thioether (sulfide) groups is 1. The van der Waals surface area contributed by atoms with E-state index in [1.54, 1.807) is 17.8 Å². The number of rotatable bonds is 6. The van der Waals surface area contributed by atoms with Gasteiger partial charge in [-0.25, -0.2) is 0 Å². The van der Waals surface area contributed by atoms with E-state index in [2.05, 4.69) is 24.4 Å². The average molecular weight is 327 g/mol. The second-order valence-electron chi connectivity index (χ2n) is 4.46. The van der Waals surface area contributed by atoms with Crippen LogP contribution in [0.1, 0.15) is 23.0 Å². The zero-order chi connectivity index (χ0) is 14.4. The van der Waals surface area contributed by atoms with Gasteiger partial charge in [0.05, 0.1) is 12.1 Å². The molecule has 0 bridgehead atoms. The Balaban J connectivity index is 0.00000220. The Labute approximate surface area is 134 Å². The molecule has 0 aliphatic rings. The molecule has 1 amide bonds. The lowest BCUT2D eigenvalue weighted by atomic mass is 10.3. The first-order valence-electron chi connectivity index (χ1n) is 6.46. The summed E-state index contributed by atoms with van der Waals surface area (Å²) in [5, 5.41) is 3.19. The number of amides is 1. The molecule has 4 nitrogen and oxygen atoms in total. The number of nitrogens with two attached hydrogens (primary N) is 1. The number of carbonyl (C=O) groups excluding carboxylic acids is 1. The van der Waals surface area contributed by atoms with E-state index in [1.807, 2.05) is 18.2 Å². The number of furan rings is 1. The van der Waals surface area contributed by atoms with E-state index < -0.39 is 0 Å². The monoisotopic (exact) mass is 326 g/mol. The molecule has 1 aromatic carbocycles. The van der Waals surface area contributed by atoms with E-state index in [0.717, 1.165) is 0 Å². The molecule has 2 rings (SSSR count). The van der Waals surface area contributed by atoms with Crippen LogP contribution in [-0.4, -0.2) is 17.7 Å². The first-order valence-corrected chi connectivity index (χ1v) is 7.34. The van der Waals surface area contributed by atoms with Crippen LogP contribution in [0.15, 0.2) is 52.0 Å². The van der Waals surface area contributed by atoms with Gasteiger partial charge < -0.3 is 15.5 Å². The predicted octanol–water partition coefficient (Wildman–Crippen LogP) is 3.07. The van der Waals surface area contributed by atoms with Crippen molar-refractivity contribution in [1.82, 2.24) is 5.32 Å². The smallest absolute Gasteiger partial charge is 0.254 e. The van der Waals surface area contributed by atoms with Crippen molar-refractivity contribution >= 4 is 30.1 Å². The van der Waals surface area contributed by atoms with Crippen LogP contribution >= 0.6 is 24.2 Å². The van der Waals surface area contributed by atoms with Gasteiger partial charge in [0, 0.05) is 16.7 Å². The van der Waals surface area contributed by atoms with Crippen molar-refractivity contribution in [2.45, 2.75) is 23.6 Å². The van der Waals surface area contributed by atoms with Crippen molar-refractivity contribution in [3.8, 4) is 0 Å². The average Bonchev–Trinajstić information content (AvgIpc) is 2.95. The van der Waals surface area contributed by atoms with Crippen LogP contribution in [0.4, 0.5) is 0 Å². The van der Waals surface area contributed by atoms with Crippen molar-refractivity contribution in [3.63, 3.8) is 0 Å². The van der Waals surface area contributed by atoms with Crippen LogP contribution in [0, 0.1) is 0 Å². The second-order valence-corrected chi connectivity index (χ2v) is 5.97. The Hall–Kier alpha value is -1.43. The van der Waals surface area contributed by atoms with Crippen LogP contribution in [0.3, 0.4) is 0 Å². The molecule has 114 valence electrons. The second kappa shape index (κ2) is 8.77. The zero-order valence-corrected chi connectivity index (χ0v) is 13.4. The minimum absolute atomic E-state index is 0. The fraction of sp³-hybridized carbons (Fsp3) is 0.267. The molecule has 6 heteroatoms. The first-order chi connectivity index (χ1) is 9.69.